The molecule has 0 bridgehead atoms. The monoisotopic (exact) mass is 1120 g/mol. The first-order valence-corrected chi connectivity index (χ1v) is 29.4. The molecule has 8 rings (SSSR count). The quantitative estimate of drug-likeness (QED) is 0.0477. The van der Waals surface area contributed by atoms with Crippen LogP contribution in [0.4, 0.5) is 0 Å². The molecule has 2 unspecified atom stereocenters. The second-order valence-electron chi connectivity index (χ2n) is 22.0. The summed E-state index contributed by atoms with van der Waals surface area (Å²) < 4.78 is 0. The van der Waals surface area contributed by atoms with Crippen molar-refractivity contribution in [2.45, 2.75) is 129 Å². The van der Waals surface area contributed by atoms with Gasteiger partial charge in [-0.1, -0.05) is 136 Å². The number of rotatable bonds is 21. The predicted molar refractivity (Wildman–Crippen MR) is 326 cm³/mol. The van der Waals surface area contributed by atoms with E-state index in [2.05, 4.69) is 90.7 Å². The van der Waals surface area contributed by atoms with Crippen molar-refractivity contribution in [3.63, 3.8) is 0 Å². The number of hydrogen-bond acceptors (Lipinski definition) is 8. The minimum absolute atomic E-state index is 0.000443. The summed E-state index contributed by atoms with van der Waals surface area (Å²) in [7, 11) is 0. The molecule has 13 nitrogen and oxygen atoms in total. The molecular weight excluding hydrogens is 1040 g/mol. The van der Waals surface area contributed by atoms with Gasteiger partial charge in [-0.2, -0.15) is 0 Å². The highest BCUT2D eigenvalue weighted by Gasteiger charge is 2.34. The molecule has 80 heavy (non-hydrogen) atoms. The lowest BCUT2D eigenvalue weighted by atomic mass is 9.95. The molecule has 2 aliphatic heterocycles. The minimum atomic E-state index is -0.450. The van der Waals surface area contributed by atoms with Gasteiger partial charge < -0.3 is 41.3 Å². The lowest BCUT2D eigenvalue weighted by molar-refractivity contribution is -0.135. The third-order valence-electron chi connectivity index (χ3n) is 15.6. The Labute approximate surface area is 483 Å². The number of benzene rings is 6. The zero-order chi connectivity index (χ0) is 57.3. The summed E-state index contributed by atoms with van der Waals surface area (Å²) in [6.45, 7) is 18.5. The number of nitrogens with zero attached hydrogens (tertiary/aromatic N) is 3. The summed E-state index contributed by atoms with van der Waals surface area (Å²) in [5.74, 6) is 0.420. The molecule has 6 atom stereocenters. The number of nitrogens with one attached hydrogen (secondary N) is 5. The number of amides is 5. The molecule has 2 saturated heterocycles. The number of fused-ring (bicyclic) bond motifs is 2. The maximum absolute atomic E-state index is 13.9. The SMILES string of the molecule is CCC(CN1CC[C@@H](CNC(=O)c2ccc3cc(Cl)ccc3c2)N[C@@H](CCN(C(C)=O)C(C)C)C1=O)c1ccccc1.CCC(CN1CC[C@@H](CNC(=O)c2ccc3cc(Cl)ccc3c2)N[C@@H](CNC(C)C)C1=O)c1ccccc1. The Hall–Kier alpha value is -6.35. The van der Waals surface area contributed by atoms with Crippen molar-refractivity contribution in [1.29, 1.82) is 0 Å². The highest BCUT2D eigenvalue weighted by Crippen LogP contribution is 2.26. The van der Waals surface area contributed by atoms with Crippen LogP contribution >= 0.6 is 23.2 Å². The number of carbonyl (C=O) groups excluding carboxylic acids is 5. The fourth-order valence-electron chi connectivity index (χ4n) is 10.9. The highest BCUT2D eigenvalue weighted by molar-refractivity contribution is 6.31. The fraction of sp³-hybridized carbons (Fsp3) is 0.431. The molecule has 0 aliphatic carbocycles. The molecule has 2 aliphatic rings. The molecule has 0 aromatic heterocycles. The van der Waals surface area contributed by atoms with Crippen molar-refractivity contribution in [2.75, 3.05) is 52.4 Å². The third-order valence-corrected chi connectivity index (χ3v) is 16.0. The van der Waals surface area contributed by atoms with E-state index in [1.807, 2.05) is 115 Å². The number of hydrogen-bond donors (Lipinski definition) is 5. The van der Waals surface area contributed by atoms with Crippen molar-refractivity contribution in [1.82, 2.24) is 41.3 Å². The van der Waals surface area contributed by atoms with Crippen LogP contribution in [0.15, 0.2) is 133 Å². The molecule has 0 radical (unpaired) electrons. The van der Waals surface area contributed by atoms with E-state index in [1.165, 1.54) is 11.1 Å². The molecule has 0 spiro atoms. The van der Waals surface area contributed by atoms with Gasteiger partial charge in [-0.3, -0.25) is 24.0 Å². The Morgan fingerprint density at radius 2 is 1.01 bits per heavy atom. The smallest absolute Gasteiger partial charge is 0.251 e. The van der Waals surface area contributed by atoms with E-state index >= 15 is 0 Å². The van der Waals surface area contributed by atoms with Crippen LogP contribution in [0.1, 0.15) is 124 Å². The molecule has 5 amide bonds. The molecule has 5 N–H and O–H groups in total. The summed E-state index contributed by atoms with van der Waals surface area (Å²) in [6, 6.07) is 42.6. The van der Waals surface area contributed by atoms with Crippen LogP contribution in [0.25, 0.3) is 21.5 Å². The first-order valence-electron chi connectivity index (χ1n) is 28.6. The van der Waals surface area contributed by atoms with Gasteiger partial charge in [0.2, 0.25) is 17.7 Å². The minimum Gasteiger partial charge on any atom is -0.350 e. The first kappa shape index (κ1) is 61.3. The van der Waals surface area contributed by atoms with Gasteiger partial charge in [-0.05, 0) is 127 Å². The van der Waals surface area contributed by atoms with E-state index in [9.17, 15) is 24.0 Å². The van der Waals surface area contributed by atoms with Crippen LogP contribution in [-0.4, -0.2) is 133 Å². The molecule has 6 aromatic rings. The van der Waals surface area contributed by atoms with Crippen molar-refractivity contribution >= 4 is 74.3 Å². The van der Waals surface area contributed by atoms with Gasteiger partial charge >= 0.3 is 0 Å². The van der Waals surface area contributed by atoms with Gasteiger partial charge in [0, 0.05) is 116 Å². The largest absolute Gasteiger partial charge is 0.350 e. The zero-order valence-corrected chi connectivity index (χ0v) is 49.2. The Morgan fingerprint density at radius 1 is 0.588 bits per heavy atom. The maximum Gasteiger partial charge on any atom is 0.251 e. The lowest BCUT2D eigenvalue weighted by Crippen LogP contribution is -2.54. The Bertz CT molecular complexity index is 3020. The highest BCUT2D eigenvalue weighted by atomic mass is 35.5. The first-order chi connectivity index (χ1) is 38.5. The average molecular weight is 1130 g/mol. The number of halogens is 2. The van der Waals surface area contributed by atoms with E-state index < -0.39 is 6.04 Å². The van der Waals surface area contributed by atoms with Gasteiger partial charge in [0.25, 0.3) is 11.8 Å². The van der Waals surface area contributed by atoms with Crippen molar-refractivity contribution in [3.8, 4) is 0 Å². The standard InChI is InChI=1S/C34H43ClN4O3.C31H39ClN4O2/c1-5-25(26-9-7-6-8-10-26)22-38-17-15-31(37-32(34(38)42)16-18-39(23(2)3)24(4)40)21-36-33(41)29-12-11-28-20-30(35)14-13-27(28)19-29;1-4-22(23-8-6-5-7-9-23)20-36-15-14-28(35-29(31(36)38)19-33-21(2)3)18-34-30(37)26-11-10-25-17-27(32)13-12-24(25)16-26/h6-14,19-20,23,25,31-32,37H,5,15-18,21-22H2,1-4H3,(H,36,41);5-13,16-17,21-22,28-29,33,35H,4,14-15,18-20H2,1-3H3,(H,34,37)/t25?,31-,32-;22?,28-,29-/m00/s1. The van der Waals surface area contributed by atoms with E-state index in [4.69, 9.17) is 23.2 Å². The van der Waals surface area contributed by atoms with E-state index in [-0.39, 0.29) is 71.6 Å². The van der Waals surface area contributed by atoms with E-state index in [0.717, 1.165) is 40.8 Å². The number of carbonyl (C=O) groups is 5. The summed E-state index contributed by atoms with van der Waals surface area (Å²) in [6.07, 6.45) is 3.88. The second-order valence-corrected chi connectivity index (χ2v) is 22.9. The van der Waals surface area contributed by atoms with Crippen molar-refractivity contribution < 1.29 is 24.0 Å². The lowest BCUT2D eigenvalue weighted by Gasteiger charge is -2.31. The Kier molecular flexibility index (Phi) is 22.9. The van der Waals surface area contributed by atoms with Crippen LogP contribution < -0.4 is 26.6 Å². The van der Waals surface area contributed by atoms with Crippen LogP contribution in [0.2, 0.25) is 10.0 Å². The molecule has 426 valence electrons. The van der Waals surface area contributed by atoms with Gasteiger partial charge in [0.15, 0.2) is 0 Å². The molecule has 2 heterocycles. The van der Waals surface area contributed by atoms with E-state index in [0.29, 0.717) is 86.4 Å². The Morgan fingerprint density at radius 3 is 1.44 bits per heavy atom. The fourth-order valence-corrected chi connectivity index (χ4v) is 11.2. The molecular formula is C65H82Cl2N8O5. The molecule has 15 heteroatoms. The van der Waals surface area contributed by atoms with Gasteiger partial charge in [0.05, 0.1) is 12.1 Å². The maximum atomic E-state index is 13.9. The van der Waals surface area contributed by atoms with Gasteiger partial charge in [0.1, 0.15) is 0 Å². The zero-order valence-electron chi connectivity index (χ0n) is 47.7. The normalized spacial score (nSPS) is 18.5. The molecule has 0 saturated carbocycles. The molecule has 6 aromatic carbocycles. The van der Waals surface area contributed by atoms with Crippen LogP contribution in [0.3, 0.4) is 0 Å². The summed E-state index contributed by atoms with van der Waals surface area (Å²) in [5.41, 5.74) is 3.68. The topological polar surface area (TPSA) is 155 Å². The van der Waals surface area contributed by atoms with Crippen LogP contribution in [-0.2, 0) is 14.4 Å². The van der Waals surface area contributed by atoms with Gasteiger partial charge in [-0.15, -0.1) is 0 Å². The van der Waals surface area contributed by atoms with E-state index in [1.54, 1.807) is 17.9 Å². The summed E-state index contributed by atoms with van der Waals surface area (Å²) in [4.78, 5) is 71.7. The summed E-state index contributed by atoms with van der Waals surface area (Å²) in [5, 5.41) is 21.9. The van der Waals surface area contributed by atoms with Crippen LogP contribution in [0.5, 0.6) is 0 Å². The second kappa shape index (κ2) is 29.9. The third kappa shape index (κ3) is 17.3. The van der Waals surface area contributed by atoms with Gasteiger partial charge in [-0.25, -0.2) is 0 Å². The summed E-state index contributed by atoms with van der Waals surface area (Å²) >= 11 is 12.2. The average Bonchev–Trinajstić information content (AvgIpc) is 3.70. The Balaban J connectivity index is 0.000000232. The van der Waals surface area contributed by atoms with Crippen molar-refractivity contribution in [3.05, 3.63) is 166 Å². The predicted octanol–water partition coefficient (Wildman–Crippen LogP) is 10.6. The van der Waals surface area contributed by atoms with Crippen LogP contribution in [0, 0.1) is 0 Å². The van der Waals surface area contributed by atoms with Crippen molar-refractivity contribution in [2.24, 2.45) is 0 Å². The molecule has 2 fully saturated rings.